The quantitative estimate of drug-likeness (QED) is 0.396. The van der Waals surface area contributed by atoms with Crippen molar-refractivity contribution in [2.75, 3.05) is 0 Å². The molecule has 0 unspecified atom stereocenters. The summed E-state index contributed by atoms with van der Waals surface area (Å²) >= 11 is 3.46. The fourth-order valence-corrected chi connectivity index (χ4v) is 2.59. The maximum absolute atomic E-state index is 12.4. The number of ether oxygens (including phenoxy) is 1. The Kier molecular flexibility index (Phi) is 5.42. The molecule has 2 rings (SSSR count). The monoisotopic (exact) mass is 372 g/mol. The van der Waals surface area contributed by atoms with Gasteiger partial charge in [-0.3, -0.25) is 0 Å². The molecular formula is C20H21BrO2. The van der Waals surface area contributed by atoms with Gasteiger partial charge in [-0.1, -0.05) is 65.0 Å². The number of benzene rings is 2. The summed E-state index contributed by atoms with van der Waals surface area (Å²) in [5, 5.41) is 0.719. The molecule has 0 aliphatic carbocycles. The summed E-state index contributed by atoms with van der Waals surface area (Å²) in [6.45, 7) is 9.54. The molecule has 0 radical (unpaired) electrons. The Balaban J connectivity index is 2.47. The zero-order chi connectivity index (χ0) is 17.0. The topological polar surface area (TPSA) is 26.3 Å². The lowest BCUT2D eigenvalue weighted by atomic mass is 9.93. The van der Waals surface area contributed by atoms with E-state index in [1.165, 1.54) is 0 Å². The lowest BCUT2D eigenvalue weighted by molar-refractivity contribution is -0.147. The number of halogens is 1. The molecule has 23 heavy (non-hydrogen) atoms. The summed E-state index contributed by atoms with van der Waals surface area (Å²) in [5.74, 6) is -0.388. The van der Waals surface area contributed by atoms with Crippen molar-refractivity contribution in [3.8, 4) is 11.1 Å². The third-order valence-electron chi connectivity index (χ3n) is 3.29. The average Bonchev–Trinajstić information content (AvgIpc) is 2.52. The van der Waals surface area contributed by atoms with Crippen LogP contribution in [0.1, 0.15) is 31.9 Å². The minimum atomic E-state index is -0.542. The van der Waals surface area contributed by atoms with Crippen molar-refractivity contribution in [2.24, 2.45) is 0 Å². The maximum atomic E-state index is 12.4. The molecule has 0 N–H and O–H groups in total. The van der Waals surface area contributed by atoms with Gasteiger partial charge in [-0.2, -0.15) is 0 Å². The minimum absolute atomic E-state index is 0.376. The number of rotatable bonds is 4. The zero-order valence-corrected chi connectivity index (χ0v) is 15.3. The SMILES string of the molecule is C=C(C(=O)OC(C)(C)C)c1cc(CBr)ccc1-c1ccccc1. The molecular weight excluding hydrogens is 352 g/mol. The highest BCUT2D eigenvalue weighted by molar-refractivity contribution is 9.08. The zero-order valence-electron chi connectivity index (χ0n) is 13.7. The van der Waals surface area contributed by atoms with E-state index in [9.17, 15) is 4.79 Å². The van der Waals surface area contributed by atoms with Gasteiger partial charge < -0.3 is 4.74 Å². The molecule has 2 nitrogen and oxygen atoms in total. The van der Waals surface area contributed by atoms with Crippen LogP contribution in [0.5, 0.6) is 0 Å². The lowest BCUT2D eigenvalue weighted by Gasteiger charge is -2.21. The molecule has 0 saturated heterocycles. The van der Waals surface area contributed by atoms with Crippen LogP contribution < -0.4 is 0 Å². The van der Waals surface area contributed by atoms with Gasteiger partial charge in [0.2, 0.25) is 0 Å². The van der Waals surface area contributed by atoms with Gasteiger partial charge >= 0.3 is 5.97 Å². The van der Waals surface area contributed by atoms with E-state index in [0.29, 0.717) is 5.57 Å². The van der Waals surface area contributed by atoms with Gasteiger partial charge in [-0.05, 0) is 49.1 Å². The molecule has 0 amide bonds. The highest BCUT2D eigenvalue weighted by Gasteiger charge is 2.21. The second kappa shape index (κ2) is 7.14. The van der Waals surface area contributed by atoms with Gasteiger partial charge in [-0.25, -0.2) is 4.79 Å². The third-order valence-corrected chi connectivity index (χ3v) is 3.94. The summed E-state index contributed by atoms with van der Waals surface area (Å²) in [7, 11) is 0. The van der Waals surface area contributed by atoms with Gasteiger partial charge in [-0.15, -0.1) is 0 Å². The molecule has 0 heterocycles. The first kappa shape index (κ1) is 17.5. The van der Waals surface area contributed by atoms with Crippen molar-refractivity contribution in [2.45, 2.75) is 31.7 Å². The van der Waals surface area contributed by atoms with Crippen LogP contribution in [0.3, 0.4) is 0 Å². The van der Waals surface area contributed by atoms with Crippen molar-refractivity contribution in [3.05, 3.63) is 66.2 Å². The Morgan fingerprint density at radius 3 is 2.35 bits per heavy atom. The van der Waals surface area contributed by atoms with E-state index in [1.54, 1.807) is 0 Å². The van der Waals surface area contributed by atoms with E-state index in [4.69, 9.17) is 4.74 Å². The van der Waals surface area contributed by atoms with Crippen LogP contribution in [0, 0.1) is 0 Å². The first-order chi connectivity index (χ1) is 10.8. The fraction of sp³-hybridized carbons (Fsp3) is 0.250. The molecule has 0 atom stereocenters. The number of carbonyl (C=O) groups excluding carboxylic acids is 1. The molecule has 2 aromatic rings. The van der Waals surface area contributed by atoms with Gasteiger partial charge in [0.15, 0.2) is 0 Å². The summed E-state index contributed by atoms with van der Waals surface area (Å²) in [6.07, 6.45) is 0. The predicted octanol–water partition coefficient (Wildman–Crippen LogP) is 5.60. The van der Waals surface area contributed by atoms with Crippen LogP contribution in [0.15, 0.2) is 55.1 Å². The number of esters is 1. The Bertz CT molecular complexity index is 712. The molecule has 2 aromatic carbocycles. The molecule has 0 aromatic heterocycles. The van der Waals surface area contributed by atoms with Crippen LogP contribution in [0.4, 0.5) is 0 Å². The van der Waals surface area contributed by atoms with Crippen molar-refractivity contribution >= 4 is 27.5 Å². The highest BCUT2D eigenvalue weighted by Crippen LogP contribution is 2.31. The molecule has 0 fully saturated rings. The van der Waals surface area contributed by atoms with E-state index >= 15 is 0 Å². The van der Waals surface area contributed by atoms with E-state index in [0.717, 1.165) is 27.6 Å². The van der Waals surface area contributed by atoms with Gasteiger partial charge in [0.25, 0.3) is 0 Å². The fourth-order valence-electron chi connectivity index (χ4n) is 2.24. The van der Waals surface area contributed by atoms with Crippen LogP contribution in [-0.2, 0) is 14.9 Å². The largest absolute Gasteiger partial charge is 0.456 e. The summed E-state index contributed by atoms with van der Waals surface area (Å²) < 4.78 is 5.47. The summed E-state index contributed by atoms with van der Waals surface area (Å²) in [5.41, 5.74) is 3.76. The van der Waals surface area contributed by atoms with Crippen LogP contribution in [0.25, 0.3) is 16.7 Å². The standard InChI is InChI=1S/C20H21BrO2/c1-14(19(22)23-20(2,3)4)18-12-15(13-21)10-11-17(18)16-8-6-5-7-9-16/h5-12H,1,13H2,2-4H3. The van der Waals surface area contributed by atoms with E-state index in [1.807, 2.05) is 69.3 Å². The van der Waals surface area contributed by atoms with Crippen molar-refractivity contribution in [1.82, 2.24) is 0 Å². The van der Waals surface area contributed by atoms with E-state index in [2.05, 4.69) is 22.5 Å². The minimum Gasteiger partial charge on any atom is -0.456 e. The van der Waals surface area contributed by atoms with E-state index < -0.39 is 5.60 Å². The Morgan fingerprint density at radius 2 is 1.78 bits per heavy atom. The van der Waals surface area contributed by atoms with Crippen molar-refractivity contribution in [3.63, 3.8) is 0 Å². The molecule has 3 heteroatoms. The summed E-state index contributed by atoms with van der Waals surface area (Å²) in [4.78, 5) is 12.4. The number of carbonyl (C=O) groups is 1. The number of hydrogen-bond acceptors (Lipinski definition) is 2. The van der Waals surface area contributed by atoms with Gasteiger partial charge in [0.1, 0.15) is 5.60 Å². The average molecular weight is 373 g/mol. The smallest absolute Gasteiger partial charge is 0.338 e. The second-order valence-electron chi connectivity index (χ2n) is 6.36. The number of alkyl halides is 1. The highest BCUT2D eigenvalue weighted by atomic mass is 79.9. The van der Waals surface area contributed by atoms with Crippen LogP contribution >= 0.6 is 15.9 Å². The van der Waals surface area contributed by atoms with Gasteiger partial charge in [0.05, 0.1) is 5.57 Å². The Hall–Kier alpha value is -1.87. The Labute approximate surface area is 146 Å². The van der Waals surface area contributed by atoms with Crippen molar-refractivity contribution in [1.29, 1.82) is 0 Å². The summed E-state index contributed by atoms with van der Waals surface area (Å²) in [6, 6.07) is 16.0. The van der Waals surface area contributed by atoms with Crippen LogP contribution in [0.2, 0.25) is 0 Å². The number of hydrogen-bond donors (Lipinski definition) is 0. The third kappa shape index (κ3) is 4.55. The first-order valence-electron chi connectivity index (χ1n) is 7.49. The molecule has 0 spiro atoms. The second-order valence-corrected chi connectivity index (χ2v) is 6.92. The predicted molar refractivity (Wildman–Crippen MR) is 99.4 cm³/mol. The molecule has 0 bridgehead atoms. The first-order valence-corrected chi connectivity index (χ1v) is 8.61. The Morgan fingerprint density at radius 1 is 1.13 bits per heavy atom. The molecule has 0 aliphatic heterocycles. The molecule has 0 aliphatic rings. The molecule has 120 valence electrons. The normalized spacial score (nSPS) is 11.1. The lowest BCUT2D eigenvalue weighted by Crippen LogP contribution is -2.24. The van der Waals surface area contributed by atoms with Crippen LogP contribution in [-0.4, -0.2) is 11.6 Å². The maximum Gasteiger partial charge on any atom is 0.338 e. The van der Waals surface area contributed by atoms with Gasteiger partial charge in [0, 0.05) is 5.33 Å². The van der Waals surface area contributed by atoms with Crippen molar-refractivity contribution < 1.29 is 9.53 Å². The van der Waals surface area contributed by atoms with E-state index in [-0.39, 0.29) is 5.97 Å². The molecule has 0 saturated carbocycles.